The Morgan fingerprint density at radius 3 is 2.64 bits per heavy atom. The number of furan rings is 1. The first kappa shape index (κ1) is 19.7. The first-order valence-corrected chi connectivity index (χ1v) is 8.95. The van der Waals surface area contributed by atoms with Gasteiger partial charge in [0.15, 0.2) is 0 Å². The van der Waals surface area contributed by atoms with Crippen molar-refractivity contribution in [3.05, 3.63) is 76.0 Å². The highest BCUT2D eigenvalue weighted by molar-refractivity contribution is 6.43. The third-order valence-electron chi connectivity index (χ3n) is 3.65. The fourth-order valence-electron chi connectivity index (χ4n) is 2.42. The van der Waals surface area contributed by atoms with Gasteiger partial charge in [-0.3, -0.25) is 9.59 Å². The Bertz CT molecular complexity index is 1060. The van der Waals surface area contributed by atoms with E-state index in [1.54, 1.807) is 54.6 Å². The Kier molecular flexibility index (Phi) is 6.13. The molecular formula is C20H15Cl2N3O3. The van der Waals surface area contributed by atoms with Crippen LogP contribution >= 0.6 is 23.2 Å². The molecule has 0 unspecified atom stereocenters. The highest BCUT2D eigenvalue weighted by atomic mass is 35.5. The molecule has 0 aliphatic rings. The highest BCUT2D eigenvalue weighted by Crippen LogP contribution is 2.34. The maximum absolute atomic E-state index is 12.2. The predicted octanol–water partition coefficient (Wildman–Crippen LogP) is 4.98. The van der Waals surface area contributed by atoms with E-state index in [1.807, 2.05) is 0 Å². The first-order valence-electron chi connectivity index (χ1n) is 8.19. The zero-order chi connectivity index (χ0) is 20.1. The zero-order valence-corrected chi connectivity index (χ0v) is 16.2. The minimum atomic E-state index is -0.423. The van der Waals surface area contributed by atoms with Gasteiger partial charge in [-0.05, 0) is 42.5 Å². The van der Waals surface area contributed by atoms with Crippen molar-refractivity contribution in [2.75, 3.05) is 5.32 Å². The monoisotopic (exact) mass is 415 g/mol. The van der Waals surface area contributed by atoms with Gasteiger partial charge in [-0.25, -0.2) is 5.43 Å². The summed E-state index contributed by atoms with van der Waals surface area (Å²) in [6.45, 7) is 1.39. The second-order valence-corrected chi connectivity index (χ2v) is 6.55. The number of hydrazone groups is 1. The number of carbonyl (C=O) groups is 2. The average Bonchev–Trinajstić information content (AvgIpc) is 3.12. The van der Waals surface area contributed by atoms with Gasteiger partial charge >= 0.3 is 0 Å². The quantitative estimate of drug-likeness (QED) is 0.455. The van der Waals surface area contributed by atoms with E-state index in [0.717, 1.165) is 0 Å². The number of halogens is 2. The first-order chi connectivity index (χ1) is 13.4. The minimum absolute atomic E-state index is 0.219. The fourth-order valence-corrected chi connectivity index (χ4v) is 2.82. The molecule has 6 nitrogen and oxygen atoms in total. The van der Waals surface area contributed by atoms with Gasteiger partial charge in [0, 0.05) is 23.7 Å². The molecule has 0 saturated heterocycles. The molecule has 1 aromatic heterocycles. The lowest BCUT2D eigenvalue weighted by Crippen LogP contribution is -2.18. The number of carbonyl (C=O) groups excluding carboxylic acids is 2. The molecule has 0 spiro atoms. The lowest BCUT2D eigenvalue weighted by atomic mass is 10.2. The van der Waals surface area contributed by atoms with Gasteiger partial charge in [-0.15, -0.1) is 0 Å². The van der Waals surface area contributed by atoms with Crippen molar-refractivity contribution in [2.24, 2.45) is 5.10 Å². The largest absolute Gasteiger partial charge is 0.455 e. The summed E-state index contributed by atoms with van der Waals surface area (Å²) in [5, 5.41) is 7.33. The van der Waals surface area contributed by atoms with Crippen LogP contribution < -0.4 is 10.7 Å². The van der Waals surface area contributed by atoms with Crippen LogP contribution in [0.2, 0.25) is 10.0 Å². The van der Waals surface area contributed by atoms with Crippen LogP contribution in [0.3, 0.4) is 0 Å². The normalized spacial score (nSPS) is 10.8. The van der Waals surface area contributed by atoms with Crippen molar-refractivity contribution in [3.8, 4) is 11.3 Å². The number of nitrogens with one attached hydrogen (secondary N) is 2. The highest BCUT2D eigenvalue weighted by Gasteiger charge is 2.10. The second kappa shape index (κ2) is 8.73. The minimum Gasteiger partial charge on any atom is -0.455 e. The average molecular weight is 416 g/mol. The van der Waals surface area contributed by atoms with Gasteiger partial charge in [0.25, 0.3) is 5.91 Å². The van der Waals surface area contributed by atoms with E-state index in [9.17, 15) is 9.59 Å². The number of rotatable bonds is 5. The van der Waals surface area contributed by atoms with Crippen molar-refractivity contribution < 1.29 is 14.0 Å². The van der Waals surface area contributed by atoms with Crippen LogP contribution in [-0.4, -0.2) is 18.0 Å². The van der Waals surface area contributed by atoms with Gasteiger partial charge < -0.3 is 9.73 Å². The molecule has 2 amide bonds. The summed E-state index contributed by atoms with van der Waals surface area (Å²) in [7, 11) is 0. The van der Waals surface area contributed by atoms with Crippen molar-refractivity contribution in [1.29, 1.82) is 0 Å². The van der Waals surface area contributed by atoms with Gasteiger partial charge in [0.05, 0.1) is 16.3 Å². The summed E-state index contributed by atoms with van der Waals surface area (Å²) < 4.78 is 5.66. The van der Waals surface area contributed by atoms with Gasteiger partial charge in [0.1, 0.15) is 11.5 Å². The molecular weight excluding hydrogens is 401 g/mol. The smallest absolute Gasteiger partial charge is 0.271 e. The molecule has 0 atom stereocenters. The van der Waals surface area contributed by atoms with E-state index in [-0.39, 0.29) is 5.91 Å². The molecule has 0 bridgehead atoms. The molecule has 28 heavy (non-hydrogen) atoms. The van der Waals surface area contributed by atoms with Gasteiger partial charge in [-0.2, -0.15) is 5.10 Å². The van der Waals surface area contributed by atoms with Crippen LogP contribution in [-0.2, 0) is 4.79 Å². The van der Waals surface area contributed by atoms with Crippen LogP contribution in [0.15, 0.2) is 64.1 Å². The molecule has 0 aliphatic heterocycles. The number of nitrogens with zero attached hydrogens (tertiary/aromatic N) is 1. The number of benzene rings is 2. The molecule has 2 N–H and O–H groups in total. The van der Waals surface area contributed by atoms with Crippen LogP contribution in [0, 0.1) is 0 Å². The Morgan fingerprint density at radius 1 is 1.07 bits per heavy atom. The molecule has 142 valence electrons. The van der Waals surface area contributed by atoms with Gasteiger partial charge in [0.2, 0.25) is 5.91 Å². The fraction of sp³-hybridized carbons (Fsp3) is 0.0500. The maximum atomic E-state index is 12.2. The van der Waals surface area contributed by atoms with E-state index < -0.39 is 5.91 Å². The third-order valence-corrected chi connectivity index (χ3v) is 4.47. The SMILES string of the molecule is CC(=O)Nc1cccc(C(=O)NN=Cc2ccc(-c3cccc(Cl)c3Cl)o2)c1. The third kappa shape index (κ3) is 4.79. The summed E-state index contributed by atoms with van der Waals surface area (Å²) in [5.74, 6) is 0.318. The predicted molar refractivity (Wildman–Crippen MR) is 110 cm³/mol. The number of anilines is 1. The molecule has 2 aromatic carbocycles. The topological polar surface area (TPSA) is 83.7 Å². The summed E-state index contributed by atoms with van der Waals surface area (Å²) in [6, 6.07) is 15.2. The summed E-state index contributed by atoms with van der Waals surface area (Å²) in [5.41, 5.74) is 3.95. The standard InChI is InChI=1S/C20H15Cl2N3O3/c1-12(26)24-14-5-2-4-13(10-14)20(27)25-23-11-15-8-9-18(28-15)16-6-3-7-17(21)19(16)22/h2-11H,1H3,(H,24,26)(H,25,27). The molecule has 3 aromatic rings. The Morgan fingerprint density at radius 2 is 1.86 bits per heavy atom. The number of hydrogen-bond donors (Lipinski definition) is 2. The van der Waals surface area contributed by atoms with Crippen LogP contribution in [0.1, 0.15) is 23.0 Å². The summed E-state index contributed by atoms with van der Waals surface area (Å²) >= 11 is 12.2. The van der Waals surface area contributed by atoms with E-state index in [2.05, 4.69) is 15.8 Å². The lowest BCUT2D eigenvalue weighted by molar-refractivity contribution is -0.114. The van der Waals surface area contributed by atoms with Crippen molar-refractivity contribution in [1.82, 2.24) is 5.43 Å². The maximum Gasteiger partial charge on any atom is 0.271 e. The van der Waals surface area contributed by atoms with Crippen LogP contribution in [0.5, 0.6) is 0 Å². The van der Waals surface area contributed by atoms with Crippen LogP contribution in [0.25, 0.3) is 11.3 Å². The van der Waals surface area contributed by atoms with E-state index in [1.165, 1.54) is 13.1 Å². The van der Waals surface area contributed by atoms with E-state index >= 15 is 0 Å². The molecule has 3 rings (SSSR count). The molecule has 0 saturated carbocycles. The van der Waals surface area contributed by atoms with Gasteiger partial charge in [-0.1, -0.05) is 35.3 Å². The van der Waals surface area contributed by atoms with Crippen LogP contribution in [0.4, 0.5) is 5.69 Å². The van der Waals surface area contributed by atoms with E-state index in [4.69, 9.17) is 27.6 Å². The Balaban J connectivity index is 1.67. The zero-order valence-electron chi connectivity index (χ0n) is 14.7. The second-order valence-electron chi connectivity index (χ2n) is 5.76. The molecule has 0 aliphatic carbocycles. The molecule has 0 fully saturated rings. The van der Waals surface area contributed by atoms with Crippen molar-refractivity contribution in [3.63, 3.8) is 0 Å². The molecule has 8 heteroatoms. The van der Waals surface area contributed by atoms with E-state index in [0.29, 0.717) is 38.4 Å². The molecule has 1 heterocycles. The summed E-state index contributed by atoms with van der Waals surface area (Å²) in [6.07, 6.45) is 1.37. The number of amides is 2. The van der Waals surface area contributed by atoms with Crippen molar-refractivity contribution >= 4 is 46.9 Å². The summed E-state index contributed by atoms with van der Waals surface area (Å²) in [4.78, 5) is 23.3. The lowest BCUT2D eigenvalue weighted by Gasteiger charge is -2.04. The Labute approximate surface area is 171 Å². The number of hydrogen-bond acceptors (Lipinski definition) is 4. The molecule has 0 radical (unpaired) electrons. The Hall–Kier alpha value is -3.09. The van der Waals surface area contributed by atoms with Crippen molar-refractivity contribution in [2.45, 2.75) is 6.92 Å².